The Bertz CT molecular complexity index is 482. The highest BCUT2D eigenvalue weighted by atomic mass is 35.5. The van der Waals surface area contributed by atoms with E-state index in [-0.39, 0.29) is 12.3 Å². The molecule has 1 aromatic carbocycles. The van der Waals surface area contributed by atoms with E-state index in [2.05, 4.69) is 0 Å². The summed E-state index contributed by atoms with van der Waals surface area (Å²) in [6, 6.07) is 4.85. The van der Waals surface area contributed by atoms with Crippen LogP contribution in [-0.2, 0) is 0 Å². The quantitative estimate of drug-likeness (QED) is 0.470. The highest BCUT2D eigenvalue weighted by molar-refractivity contribution is 6.22. The van der Waals surface area contributed by atoms with Gasteiger partial charge >= 0.3 is 0 Å². The van der Waals surface area contributed by atoms with Gasteiger partial charge in [-0.05, 0) is 25.5 Å². The summed E-state index contributed by atoms with van der Waals surface area (Å²) in [6.07, 6.45) is 0. The molecule has 0 N–H and O–H groups in total. The third-order valence-electron chi connectivity index (χ3n) is 2.22. The number of halogens is 1. The first-order valence-electron chi connectivity index (χ1n) is 4.88. The van der Waals surface area contributed by atoms with Crippen LogP contribution in [0.3, 0.4) is 0 Å². The number of hydrogen-bond acceptors (Lipinski definition) is 4. The molecule has 1 atom stereocenters. The average Bonchev–Trinajstić information content (AvgIpc) is 2.28. The Morgan fingerprint density at radius 2 is 2.18 bits per heavy atom. The number of alkyl halides is 1. The van der Waals surface area contributed by atoms with Crippen LogP contribution in [0.5, 0.6) is 5.75 Å². The largest absolute Gasteiger partial charge is 0.491 e. The Labute approximate surface area is 104 Å². The number of nitro benzene ring substituents is 1. The summed E-state index contributed by atoms with van der Waals surface area (Å²) < 4.78 is 5.33. The van der Waals surface area contributed by atoms with Gasteiger partial charge in [0.25, 0.3) is 5.69 Å². The molecule has 0 heterocycles. The smallest absolute Gasteiger partial charge is 0.272 e. The number of hydrogen-bond donors (Lipinski definition) is 0. The van der Waals surface area contributed by atoms with Gasteiger partial charge in [-0.2, -0.15) is 5.26 Å². The Balaban J connectivity index is 2.93. The predicted molar refractivity (Wildman–Crippen MR) is 63.3 cm³/mol. The van der Waals surface area contributed by atoms with Gasteiger partial charge < -0.3 is 4.74 Å². The van der Waals surface area contributed by atoms with Crippen molar-refractivity contribution < 1.29 is 9.66 Å². The monoisotopic (exact) mass is 254 g/mol. The van der Waals surface area contributed by atoms with E-state index in [1.54, 1.807) is 19.9 Å². The van der Waals surface area contributed by atoms with Gasteiger partial charge in [0, 0.05) is 11.6 Å². The second-order valence-corrected chi connectivity index (χ2v) is 4.10. The molecule has 1 unspecified atom stereocenters. The van der Waals surface area contributed by atoms with Crippen LogP contribution < -0.4 is 4.74 Å². The molecule has 0 radical (unpaired) electrons. The Hall–Kier alpha value is -1.80. The Morgan fingerprint density at radius 3 is 2.71 bits per heavy atom. The first-order chi connectivity index (χ1) is 7.95. The minimum Gasteiger partial charge on any atom is -0.491 e. The molecule has 0 aliphatic carbocycles. The van der Waals surface area contributed by atoms with Gasteiger partial charge in [0.05, 0.1) is 11.0 Å². The zero-order valence-electron chi connectivity index (χ0n) is 9.44. The number of nitriles is 1. The SMILES string of the molecule is Cc1cc([N+](=O)[O-])c(C)cc1OCC(Cl)C#N. The van der Waals surface area contributed by atoms with Crippen LogP contribution in [0, 0.1) is 35.3 Å². The highest BCUT2D eigenvalue weighted by Crippen LogP contribution is 2.27. The van der Waals surface area contributed by atoms with Crippen LogP contribution >= 0.6 is 11.6 Å². The van der Waals surface area contributed by atoms with Gasteiger partial charge in [-0.15, -0.1) is 11.6 Å². The van der Waals surface area contributed by atoms with Crippen molar-refractivity contribution in [1.82, 2.24) is 0 Å². The van der Waals surface area contributed by atoms with Crippen molar-refractivity contribution in [2.24, 2.45) is 0 Å². The molecule has 1 rings (SSSR count). The fourth-order valence-corrected chi connectivity index (χ4v) is 1.39. The first-order valence-corrected chi connectivity index (χ1v) is 5.31. The molecule has 0 aliphatic rings. The topological polar surface area (TPSA) is 76.2 Å². The van der Waals surface area contributed by atoms with Crippen LogP contribution in [0.25, 0.3) is 0 Å². The standard InChI is InChI=1S/C11H11ClN2O3/c1-7-4-11(17-6-9(12)5-13)8(2)3-10(7)14(15)16/h3-4,9H,6H2,1-2H3. The third kappa shape index (κ3) is 3.33. The van der Waals surface area contributed by atoms with Crippen LogP contribution in [0.4, 0.5) is 5.69 Å². The lowest BCUT2D eigenvalue weighted by Crippen LogP contribution is -2.10. The maximum absolute atomic E-state index is 10.7. The molecular weight excluding hydrogens is 244 g/mol. The molecule has 0 spiro atoms. The third-order valence-corrected chi connectivity index (χ3v) is 2.44. The van der Waals surface area contributed by atoms with Crippen molar-refractivity contribution in [3.8, 4) is 11.8 Å². The lowest BCUT2D eigenvalue weighted by molar-refractivity contribution is -0.385. The summed E-state index contributed by atoms with van der Waals surface area (Å²) in [4.78, 5) is 10.3. The average molecular weight is 255 g/mol. The predicted octanol–water partition coefficient (Wildman–Crippen LogP) is 2.72. The molecule has 6 heteroatoms. The number of nitro groups is 1. The number of rotatable bonds is 4. The number of aryl methyl sites for hydroxylation is 2. The molecule has 0 saturated carbocycles. The summed E-state index contributed by atoms with van der Waals surface area (Å²) in [6.45, 7) is 3.39. The Morgan fingerprint density at radius 1 is 1.53 bits per heavy atom. The molecule has 17 heavy (non-hydrogen) atoms. The minimum atomic E-state index is -0.732. The maximum atomic E-state index is 10.7. The molecule has 0 saturated heterocycles. The van der Waals surface area contributed by atoms with Crippen molar-refractivity contribution in [1.29, 1.82) is 5.26 Å². The van der Waals surface area contributed by atoms with E-state index in [9.17, 15) is 10.1 Å². The number of benzene rings is 1. The van der Waals surface area contributed by atoms with Gasteiger partial charge in [0.2, 0.25) is 0 Å². The molecule has 5 nitrogen and oxygen atoms in total. The van der Waals surface area contributed by atoms with E-state index in [0.29, 0.717) is 16.9 Å². The summed E-state index contributed by atoms with van der Waals surface area (Å²) in [5, 5.41) is 18.5. The van der Waals surface area contributed by atoms with E-state index in [1.807, 2.05) is 6.07 Å². The van der Waals surface area contributed by atoms with Crippen LogP contribution in [0.2, 0.25) is 0 Å². The van der Waals surface area contributed by atoms with Crippen LogP contribution in [0.1, 0.15) is 11.1 Å². The van der Waals surface area contributed by atoms with Gasteiger partial charge in [0.1, 0.15) is 12.4 Å². The van der Waals surface area contributed by atoms with E-state index in [4.69, 9.17) is 21.6 Å². The van der Waals surface area contributed by atoms with Crippen LogP contribution in [0.15, 0.2) is 12.1 Å². The summed E-state index contributed by atoms with van der Waals surface area (Å²) in [5.41, 5.74) is 1.21. The molecular formula is C11H11ClN2O3. The molecule has 0 amide bonds. The van der Waals surface area contributed by atoms with Crippen molar-refractivity contribution in [3.63, 3.8) is 0 Å². The van der Waals surface area contributed by atoms with Crippen molar-refractivity contribution in [2.75, 3.05) is 6.61 Å². The minimum absolute atomic E-state index is 0.0517. The summed E-state index contributed by atoms with van der Waals surface area (Å²) >= 11 is 5.59. The zero-order valence-corrected chi connectivity index (χ0v) is 10.2. The van der Waals surface area contributed by atoms with Crippen LogP contribution in [-0.4, -0.2) is 16.9 Å². The van der Waals surface area contributed by atoms with Gasteiger partial charge in [-0.3, -0.25) is 10.1 Å². The van der Waals surface area contributed by atoms with Crippen molar-refractivity contribution in [3.05, 3.63) is 33.4 Å². The zero-order chi connectivity index (χ0) is 13.0. The van der Waals surface area contributed by atoms with Crippen molar-refractivity contribution in [2.45, 2.75) is 19.2 Å². The summed E-state index contributed by atoms with van der Waals surface area (Å²) in [7, 11) is 0. The highest BCUT2D eigenvalue weighted by Gasteiger charge is 2.14. The molecule has 0 bridgehead atoms. The lowest BCUT2D eigenvalue weighted by atomic mass is 10.1. The summed E-state index contributed by atoms with van der Waals surface area (Å²) in [5.74, 6) is 0.508. The molecule has 0 fully saturated rings. The second kappa shape index (κ2) is 5.51. The molecule has 90 valence electrons. The second-order valence-electron chi connectivity index (χ2n) is 3.57. The van der Waals surface area contributed by atoms with E-state index < -0.39 is 10.3 Å². The Kier molecular flexibility index (Phi) is 4.30. The van der Waals surface area contributed by atoms with Gasteiger partial charge in [0.15, 0.2) is 5.38 Å². The molecule has 1 aromatic rings. The normalized spacial score (nSPS) is 11.6. The van der Waals surface area contributed by atoms with Crippen molar-refractivity contribution >= 4 is 17.3 Å². The number of ether oxygens (including phenoxy) is 1. The fourth-order valence-electron chi connectivity index (χ4n) is 1.33. The van der Waals surface area contributed by atoms with Gasteiger partial charge in [-0.25, -0.2) is 0 Å². The maximum Gasteiger partial charge on any atom is 0.272 e. The van der Waals surface area contributed by atoms with E-state index in [1.165, 1.54) is 6.07 Å². The van der Waals surface area contributed by atoms with E-state index >= 15 is 0 Å². The van der Waals surface area contributed by atoms with Gasteiger partial charge in [-0.1, -0.05) is 0 Å². The van der Waals surface area contributed by atoms with E-state index in [0.717, 1.165) is 0 Å². The first kappa shape index (κ1) is 13.3. The molecule has 0 aliphatic heterocycles. The fraction of sp³-hybridized carbons (Fsp3) is 0.364. The lowest BCUT2D eigenvalue weighted by Gasteiger charge is -2.10. The molecule has 0 aromatic heterocycles. The number of nitrogens with zero attached hydrogens (tertiary/aromatic N) is 2.